The summed E-state index contributed by atoms with van der Waals surface area (Å²) in [4.78, 5) is 27.8. The minimum absolute atomic E-state index is 0.0874. The highest BCUT2D eigenvalue weighted by Gasteiger charge is 2.10. The van der Waals surface area contributed by atoms with E-state index in [9.17, 15) is 14.0 Å². The maximum Gasteiger partial charge on any atom is 0.303 e. The zero-order chi connectivity index (χ0) is 27.5. The molecule has 0 spiro atoms. The molecule has 1 amide bonds. The number of carboxylic acid groups (broad SMARTS) is 1. The number of carbonyl (C=O) groups is 2. The van der Waals surface area contributed by atoms with Crippen LogP contribution in [0.1, 0.15) is 52.4 Å². The highest BCUT2D eigenvalue weighted by atomic mass is 19.1. The monoisotopic (exact) mass is 507 g/mol. The summed E-state index contributed by atoms with van der Waals surface area (Å²) in [6.07, 6.45) is 20.1. The standard InChI is InChI=1S/C30H38FN3O3/c1-4-19-33-28(11-8-10-27(31)5-2)26(9-6-7-12-30(36)37)20-23(3)13-18-29(35)34-22-25-16-14-24(21-32)15-17-25/h4-5,8,10,13-14,16-18,20,23-24H,1,6-7,9,11-12,15,19,22H2,2-3H3,(H,34,35)(H,36,37)/b10-8-,18-13+,26-20-,27-5+,33-28?. The second-order valence-corrected chi connectivity index (χ2v) is 8.69. The molecular weight excluding hydrogens is 469 g/mol. The zero-order valence-electron chi connectivity index (χ0n) is 21.8. The molecule has 0 aromatic heterocycles. The van der Waals surface area contributed by atoms with E-state index in [0.717, 1.165) is 16.9 Å². The third-order valence-corrected chi connectivity index (χ3v) is 5.56. The third kappa shape index (κ3) is 14.4. The smallest absolute Gasteiger partial charge is 0.303 e. The van der Waals surface area contributed by atoms with Crippen LogP contribution >= 0.6 is 0 Å². The molecule has 1 rings (SSSR count). The number of carbonyl (C=O) groups excluding carboxylic acids is 1. The number of carboxylic acids is 1. The van der Waals surface area contributed by atoms with Crippen molar-refractivity contribution in [3.63, 3.8) is 0 Å². The molecule has 7 heteroatoms. The number of amides is 1. The van der Waals surface area contributed by atoms with Crippen LogP contribution in [0.3, 0.4) is 0 Å². The van der Waals surface area contributed by atoms with Crippen LogP contribution in [-0.4, -0.2) is 35.8 Å². The number of unbranched alkanes of at least 4 members (excludes halogenated alkanes) is 1. The number of halogens is 1. The SMILES string of the molecule is C=CCN=C(C/C=C\C(F)=C/C)/C(=C\C(C)/C=C/C(=O)NCC1=CCC(C#N)C=C1)CCCCC(=O)O. The van der Waals surface area contributed by atoms with Crippen LogP contribution in [-0.2, 0) is 9.59 Å². The van der Waals surface area contributed by atoms with Gasteiger partial charge in [-0.2, -0.15) is 5.26 Å². The van der Waals surface area contributed by atoms with Crippen molar-refractivity contribution in [2.24, 2.45) is 16.8 Å². The Kier molecular flexibility index (Phi) is 15.6. The largest absolute Gasteiger partial charge is 0.481 e. The number of nitrogens with zero attached hydrogens (tertiary/aromatic N) is 2. The molecule has 6 nitrogen and oxygen atoms in total. The molecule has 0 aliphatic heterocycles. The van der Waals surface area contributed by atoms with E-state index in [1.807, 2.05) is 31.2 Å². The van der Waals surface area contributed by atoms with E-state index in [-0.39, 0.29) is 30.0 Å². The first-order chi connectivity index (χ1) is 17.8. The molecule has 2 atom stereocenters. The lowest BCUT2D eigenvalue weighted by molar-refractivity contribution is -0.137. The highest BCUT2D eigenvalue weighted by molar-refractivity contribution is 6.01. The fourth-order valence-corrected chi connectivity index (χ4v) is 3.52. The van der Waals surface area contributed by atoms with Gasteiger partial charge in [0.25, 0.3) is 0 Å². The van der Waals surface area contributed by atoms with Gasteiger partial charge in [-0.15, -0.1) is 6.58 Å². The number of aliphatic imine (C=N–C) groups is 1. The Morgan fingerprint density at radius 1 is 1.35 bits per heavy atom. The average Bonchev–Trinajstić information content (AvgIpc) is 2.89. The number of nitriles is 1. The van der Waals surface area contributed by atoms with Gasteiger partial charge in [0.2, 0.25) is 5.91 Å². The predicted molar refractivity (Wildman–Crippen MR) is 148 cm³/mol. The molecular formula is C30H38FN3O3. The Bertz CT molecular complexity index is 1040. The van der Waals surface area contributed by atoms with Gasteiger partial charge >= 0.3 is 5.97 Å². The number of rotatable bonds is 16. The Morgan fingerprint density at radius 2 is 2.11 bits per heavy atom. The van der Waals surface area contributed by atoms with Gasteiger partial charge in [0, 0.05) is 25.1 Å². The molecule has 0 saturated heterocycles. The van der Waals surface area contributed by atoms with E-state index in [2.05, 4.69) is 23.0 Å². The molecule has 2 unspecified atom stereocenters. The van der Waals surface area contributed by atoms with Crippen LogP contribution in [0.4, 0.5) is 4.39 Å². The first-order valence-electron chi connectivity index (χ1n) is 12.6. The Hall–Kier alpha value is -3.79. The van der Waals surface area contributed by atoms with Crippen LogP contribution in [0.5, 0.6) is 0 Å². The van der Waals surface area contributed by atoms with Crippen LogP contribution in [0.25, 0.3) is 0 Å². The van der Waals surface area contributed by atoms with E-state index in [1.165, 1.54) is 18.2 Å². The quantitative estimate of drug-likeness (QED) is 0.0836. The van der Waals surface area contributed by atoms with Gasteiger partial charge in [-0.05, 0) is 61.8 Å². The van der Waals surface area contributed by atoms with Gasteiger partial charge in [0.1, 0.15) is 5.83 Å². The Balaban J connectivity index is 2.92. The van der Waals surface area contributed by atoms with E-state index < -0.39 is 5.97 Å². The lowest BCUT2D eigenvalue weighted by Gasteiger charge is -2.13. The summed E-state index contributed by atoms with van der Waals surface area (Å²) in [5.41, 5.74) is 2.70. The molecule has 37 heavy (non-hydrogen) atoms. The molecule has 1 aliphatic rings. The summed E-state index contributed by atoms with van der Waals surface area (Å²) in [6, 6.07) is 2.20. The van der Waals surface area contributed by atoms with Crippen molar-refractivity contribution in [2.45, 2.75) is 52.4 Å². The molecule has 0 heterocycles. The van der Waals surface area contributed by atoms with E-state index in [4.69, 9.17) is 10.4 Å². The van der Waals surface area contributed by atoms with Crippen molar-refractivity contribution in [1.82, 2.24) is 5.32 Å². The van der Waals surface area contributed by atoms with Crippen molar-refractivity contribution in [1.29, 1.82) is 5.26 Å². The Morgan fingerprint density at radius 3 is 2.73 bits per heavy atom. The van der Waals surface area contributed by atoms with Crippen LogP contribution < -0.4 is 5.32 Å². The third-order valence-electron chi connectivity index (χ3n) is 5.56. The van der Waals surface area contributed by atoms with E-state index in [1.54, 1.807) is 25.2 Å². The van der Waals surface area contributed by atoms with Crippen LogP contribution in [0, 0.1) is 23.2 Å². The lowest BCUT2D eigenvalue weighted by Crippen LogP contribution is -2.23. The lowest BCUT2D eigenvalue weighted by atomic mass is 9.96. The number of nitrogens with one attached hydrogen (secondary N) is 1. The molecule has 0 aromatic carbocycles. The summed E-state index contributed by atoms with van der Waals surface area (Å²) < 4.78 is 13.5. The fourth-order valence-electron chi connectivity index (χ4n) is 3.52. The molecule has 1 aliphatic carbocycles. The first kappa shape index (κ1) is 31.2. The molecule has 0 aromatic rings. The maximum atomic E-state index is 13.5. The van der Waals surface area contributed by atoms with Crippen LogP contribution in [0.2, 0.25) is 0 Å². The maximum absolute atomic E-state index is 13.5. The van der Waals surface area contributed by atoms with E-state index in [0.29, 0.717) is 45.2 Å². The van der Waals surface area contributed by atoms with Gasteiger partial charge in [0.15, 0.2) is 0 Å². The predicted octanol–water partition coefficient (Wildman–Crippen LogP) is 6.34. The van der Waals surface area contributed by atoms with Gasteiger partial charge in [-0.1, -0.05) is 55.5 Å². The molecule has 2 N–H and O–H groups in total. The van der Waals surface area contributed by atoms with Crippen molar-refractivity contribution >= 4 is 17.6 Å². The van der Waals surface area contributed by atoms with Crippen molar-refractivity contribution < 1.29 is 19.1 Å². The number of allylic oxidation sites excluding steroid dienone is 9. The van der Waals surface area contributed by atoms with Crippen molar-refractivity contribution in [3.8, 4) is 6.07 Å². The average molecular weight is 508 g/mol. The van der Waals surface area contributed by atoms with Gasteiger partial charge in [0.05, 0.1) is 18.5 Å². The van der Waals surface area contributed by atoms with Gasteiger partial charge < -0.3 is 10.4 Å². The molecule has 0 bridgehead atoms. The van der Waals surface area contributed by atoms with Crippen LogP contribution in [0.15, 0.2) is 89.3 Å². The highest BCUT2D eigenvalue weighted by Crippen LogP contribution is 2.18. The number of hydrogen-bond donors (Lipinski definition) is 2. The van der Waals surface area contributed by atoms with Gasteiger partial charge in [-0.25, -0.2) is 4.39 Å². The fraction of sp³-hybridized carbons (Fsp3) is 0.400. The summed E-state index contributed by atoms with van der Waals surface area (Å²) in [5.74, 6) is -1.58. The number of hydrogen-bond acceptors (Lipinski definition) is 4. The molecule has 0 saturated carbocycles. The zero-order valence-corrected chi connectivity index (χ0v) is 21.8. The Labute approximate surface area is 220 Å². The number of aliphatic carboxylic acids is 1. The van der Waals surface area contributed by atoms with E-state index >= 15 is 0 Å². The minimum atomic E-state index is -0.831. The molecule has 0 fully saturated rings. The second kappa shape index (κ2) is 18.5. The molecule has 198 valence electrons. The summed E-state index contributed by atoms with van der Waals surface area (Å²) in [5, 5.41) is 20.7. The first-order valence-corrected chi connectivity index (χ1v) is 12.6. The summed E-state index contributed by atoms with van der Waals surface area (Å²) >= 11 is 0. The van der Waals surface area contributed by atoms with Gasteiger partial charge in [-0.3, -0.25) is 14.6 Å². The van der Waals surface area contributed by atoms with Crippen molar-refractivity contribution in [2.75, 3.05) is 13.1 Å². The van der Waals surface area contributed by atoms with Crippen molar-refractivity contribution in [3.05, 3.63) is 84.3 Å². The topological polar surface area (TPSA) is 103 Å². The normalized spacial score (nSPS) is 17.5. The second-order valence-electron chi connectivity index (χ2n) is 8.69. The summed E-state index contributed by atoms with van der Waals surface area (Å²) in [6.45, 7) is 8.10. The minimum Gasteiger partial charge on any atom is -0.481 e. The summed E-state index contributed by atoms with van der Waals surface area (Å²) in [7, 11) is 0. The molecule has 0 radical (unpaired) electrons.